The molecule has 0 unspecified atom stereocenters. The van der Waals surface area contributed by atoms with Crippen molar-refractivity contribution >= 4 is 37.7 Å². The van der Waals surface area contributed by atoms with E-state index in [0.29, 0.717) is 46.7 Å². The summed E-state index contributed by atoms with van der Waals surface area (Å²) in [5, 5.41) is 29.5. The van der Waals surface area contributed by atoms with E-state index in [9.17, 15) is 24.0 Å². The number of hydrogen-bond donors (Lipinski definition) is 1. The van der Waals surface area contributed by atoms with Gasteiger partial charge in [-0.1, -0.05) is 30.3 Å². The molecular formula is C30H28Br2F2N6O4. The van der Waals surface area contributed by atoms with Crippen molar-refractivity contribution < 1.29 is 23.5 Å². The van der Waals surface area contributed by atoms with E-state index in [1.54, 1.807) is 17.7 Å². The lowest BCUT2D eigenvalue weighted by Crippen LogP contribution is -2.01. The summed E-state index contributed by atoms with van der Waals surface area (Å²) in [5.41, 5.74) is 4.78. The first kappa shape index (κ1) is 32.9. The molecule has 0 aliphatic rings. The number of aromatic nitrogens is 5. The van der Waals surface area contributed by atoms with E-state index >= 15 is 0 Å². The van der Waals surface area contributed by atoms with Gasteiger partial charge in [0.05, 0.1) is 21.8 Å². The van der Waals surface area contributed by atoms with E-state index in [2.05, 4.69) is 47.0 Å². The highest BCUT2D eigenvalue weighted by molar-refractivity contribution is 9.10. The highest BCUT2D eigenvalue weighted by atomic mass is 79.9. The first-order valence-electron chi connectivity index (χ1n) is 13.4. The number of nitrogens with zero attached hydrogens (tertiary/aromatic N) is 6. The maximum absolute atomic E-state index is 13.9. The Balaban J connectivity index is 0.000000339. The molecule has 0 aliphatic carbocycles. The minimum absolute atomic E-state index is 0.376. The number of benzene rings is 2. The molecule has 0 aliphatic heterocycles. The molecule has 0 fully saturated rings. The first-order chi connectivity index (χ1) is 21.0. The van der Waals surface area contributed by atoms with Gasteiger partial charge in [-0.3, -0.25) is 9.36 Å². The summed E-state index contributed by atoms with van der Waals surface area (Å²) in [6, 6.07) is 15.4. The van der Waals surface area contributed by atoms with Gasteiger partial charge in [0.2, 0.25) is 11.7 Å². The molecule has 3 heterocycles. The largest absolute Gasteiger partial charge is 0.472 e. The summed E-state index contributed by atoms with van der Waals surface area (Å²) in [6.45, 7) is 4.74. The van der Waals surface area contributed by atoms with Gasteiger partial charge < -0.3 is 20.0 Å². The van der Waals surface area contributed by atoms with E-state index in [1.165, 1.54) is 18.3 Å². The number of rotatable bonds is 9. The highest BCUT2D eigenvalue weighted by Gasteiger charge is 2.23. The second-order valence-corrected chi connectivity index (χ2v) is 11.3. The Morgan fingerprint density at radius 1 is 1.11 bits per heavy atom. The second-order valence-electron chi connectivity index (χ2n) is 9.64. The number of nitro groups is 1. The average molecular weight is 734 g/mol. The van der Waals surface area contributed by atoms with E-state index in [-0.39, 0.29) is 0 Å². The van der Waals surface area contributed by atoms with Crippen LogP contribution in [0.5, 0.6) is 5.88 Å². The van der Waals surface area contributed by atoms with E-state index < -0.39 is 28.5 Å². The lowest BCUT2D eigenvalue weighted by atomic mass is 9.96. The van der Waals surface area contributed by atoms with Crippen LogP contribution >= 0.6 is 31.9 Å². The van der Waals surface area contributed by atoms with Crippen molar-refractivity contribution in [2.45, 2.75) is 39.5 Å². The molecule has 0 amide bonds. The van der Waals surface area contributed by atoms with E-state index in [4.69, 9.17) is 4.74 Å². The van der Waals surface area contributed by atoms with Crippen LogP contribution < -0.4 is 4.74 Å². The van der Waals surface area contributed by atoms with Gasteiger partial charge >= 0.3 is 5.82 Å². The van der Waals surface area contributed by atoms with Crippen LogP contribution in [0.25, 0.3) is 11.3 Å². The summed E-state index contributed by atoms with van der Waals surface area (Å²) in [7, 11) is 1.84. The lowest BCUT2D eigenvalue weighted by Gasteiger charge is -2.12. The van der Waals surface area contributed by atoms with Crippen LogP contribution in [-0.4, -0.2) is 34.6 Å². The Morgan fingerprint density at radius 2 is 1.84 bits per heavy atom. The zero-order valence-electron chi connectivity index (χ0n) is 23.9. The van der Waals surface area contributed by atoms with Crippen LogP contribution in [0.2, 0.25) is 0 Å². The average Bonchev–Trinajstić information content (AvgIpc) is 3.50. The Kier molecular flexibility index (Phi) is 10.9. The molecule has 230 valence electrons. The molecule has 0 saturated carbocycles. The number of aryl methyl sites for hydroxylation is 2. The fourth-order valence-corrected chi connectivity index (χ4v) is 5.32. The molecule has 1 N–H and O–H groups in total. The van der Waals surface area contributed by atoms with Crippen molar-refractivity contribution in [3.8, 4) is 17.1 Å². The van der Waals surface area contributed by atoms with Gasteiger partial charge in [0, 0.05) is 43.4 Å². The van der Waals surface area contributed by atoms with Gasteiger partial charge in [-0.25, -0.2) is 4.39 Å². The third-order valence-corrected chi connectivity index (χ3v) is 7.74. The predicted molar refractivity (Wildman–Crippen MR) is 167 cm³/mol. The molecule has 3 aromatic heterocycles. The summed E-state index contributed by atoms with van der Waals surface area (Å²) in [5.74, 6) is -1.54. The zero-order valence-corrected chi connectivity index (χ0v) is 27.1. The summed E-state index contributed by atoms with van der Waals surface area (Å²) < 4.78 is 37.4. The van der Waals surface area contributed by atoms with Crippen molar-refractivity contribution in [3.63, 3.8) is 0 Å². The molecule has 0 bridgehead atoms. The number of pyridine rings is 1. The highest BCUT2D eigenvalue weighted by Crippen LogP contribution is 2.35. The monoisotopic (exact) mass is 732 g/mol. The van der Waals surface area contributed by atoms with Crippen LogP contribution in [0.3, 0.4) is 0 Å². The molecule has 2 aromatic carbocycles. The quantitative estimate of drug-likeness (QED) is 0.125. The van der Waals surface area contributed by atoms with Gasteiger partial charge in [-0.2, -0.15) is 9.49 Å². The number of aliphatic hydroxyl groups excluding tert-OH is 1. The van der Waals surface area contributed by atoms with Crippen LogP contribution in [0.4, 0.5) is 14.6 Å². The van der Waals surface area contributed by atoms with Gasteiger partial charge in [-0.15, -0.1) is 5.10 Å². The maximum Gasteiger partial charge on any atom is 0.399 e. The first-order valence-corrected chi connectivity index (χ1v) is 14.9. The van der Waals surface area contributed by atoms with Gasteiger partial charge in [-0.05, 0) is 84.9 Å². The summed E-state index contributed by atoms with van der Waals surface area (Å²) in [6.07, 6.45) is 2.78. The third-order valence-electron chi connectivity index (χ3n) is 6.42. The number of hydrogen-bond acceptors (Lipinski definition) is 7. The molecule has 0 saturated heterocycles. The number of halogens is 4. The zero-order chi connectivity index (χ0) is 32.0. The molecular weight excluding hydrogens is 706 g/mol. The van der Waals surface area contributed by atoms with Crippen molar-refractivity contribution in [3.05, 3.63) is 120 Å². The fourth-order valence-electron chi connectivity index (χ4n) is 4.38. The maximum atomic E-state index is 13.9. The van der Waals surface area contributed by atoms with Crippen LogP contribution in [-0.2, 0) is 26.6 Å². The molecule has 44 heavy (non-hydrogen) atoms. The topological polar surface area (TPSA) is 121 Å². The van der Waals surface area contributed by atoms with E-state index in [1.807, 2.05) is 55.2 Å². The van der Waals surface area contributed by atoms with Gasteiger partial charge in [0.25, 0.3) is 0 Å². The number of ether oxygens (including phenoxy) is 1. The van der Waals surface area contributed by atoms with Crippen LogP contribution in [0.1, 0.15) is 42.2 Å². The van der Waals surface area contributed by atoms with Gasteiger partial charge in [0.15, 0.2) is 6.20 Å². The van der Waals surface area contributed by atoms with Crippen molar-refractivity contribution in [2.24, 2.45) is 7.05 Å². The van der Waals surface area contributed by atoms with Crippen molar-refractivity contribution in [1.29, 1.82) is 0 Å². The molecule has 0 spiro atoms. The minimum atomic E-state index is -0.940. The predicted octanol–water partition coefficient (Wildman–Crippen LogP) is 7.32. The smallest absolute Gasteiger partial charge is 0.399 e. The van der Waals surface area contributed by atoms with Gasteiger partial charge in [0.1, 0.15) is 17.0 Å². The summed E-state index contributed by atoms with van der Waals surface area (Å²) in [4.78, 5) is 12.4. The molecule has 0 radical (unpaired) electrons. The Morgan fingerprint density at radius 3 is 2.48 bits per heavy atom. The Labute approximate surface area is 268 Å². The fraction of sp³-hybridized carbons (Fsp3) is 0.233. The van der Waals surface area contributed by atoms with Crippen molar-refractivity contribution in [1.82, 2.24) is 24.5 Å². The normalized spacial score (nSPS) is 11.5. The third kappa shape index (κ3) is 7.92. The molecule has 5 rings (SSSR count). The minimum Gasteiger partial charge on any atom is -0.472 e. The molecule has 5 aromatic rings. The molecule has 14 heteroatoms. The molecule has 10 nitrogen and oxygen atoms in total. The van der Waals surface area contributed by atoms with Crippen LogP contribution in [0, 0.1) is 21.7 Å². The van der Waals surface area contributed by atoms with E-state index in [0.717, 1.165) is 27.4 Å². The SMILES string of the molecule is CCn1nc(OCc2ccccc2)c(Cc2cn(C)nc2-c2ccc(F)cc2[C@@H](C)O)c1Br.O=[N+]([O-])c1ncc(Br)cc1F. The van der Waals surface area contributed by atoms with Crippen LogP contribution in [0.15, 0.2) is 76.1 Å². The lowest BCUT2D eigenvalue weighted by molar-refractivity contribution is -0.392. The second kappa shape index (κ2) is 14.6. The number of aliphatic hydroxyl groups is 1. The van der Waals surface area contributed by atoms with Crippen molar-refractivity contribution in [2.75, 3.05) is 0 Å². The standard InChI is InChI=1S/C25H26BrFN4O2.C5H2BrFN2O2/c1-4-31-24(26)22(25(29-31)33-15-17-8-6-5-7-9-17)12-18-14-30(3)28-23(18)20-11-10-19(27)13-21(20)16(2)32;6-3-1-4(7)5(8-2-3)9(10)11/h5-11,13-14,16,32H,4,12,15H2,1-3H3;1-2H/t16-;/m1./s1. The summed E-state index contributed by atoms with van der Waals surface area (Å²) >= 11 is 6.60. The Hall–Kier alpha value is -4.01. The Bertz CT molecular complexity index is 1760. The molecule has 1 atom stereocenters.